The summed E-state index contributed by atoms with van der Waals surface area (Å²) in [5, 5.41) is 0. The molecule has 0 saturated heterocycles. The van der Waals surface area contributed by atoms with Gasteiger partial charge in [-0.1, -0.05) is 24.3 Å². The summed E-state index contributed by atoms with van der Waals surface area (Å²) in [6.45, 7) is 2.65. The first-order valence-corrected chi connectivity index (χ1v) is 10.5. The number of rotatable bonds is 7. The third-order valence-electron chi connectivity index (χ3n) is 5.95. The fourth-order valence-corrected chi connectivity index (χ4v) is 4.56. The van der Waals surface area contributed by atoms with Crippen molar-refractivity contribution in [2.24, 2.45) is 0 Å². The first kappa shape index (κ1) is 21.1. The van der Waals surface area contributed by atoms with Crippen LogP contribution in [0.15, 0.2) is 54.7 Å². The number of fused-ring (bicyclic) bond motifs is 1. The SMILES string of the molecule is COc1ccccc1C1c2cccn2CCCN1Cc1ccc(OC)c(OC)c1OC. The molecule has 6 nitrogen and oxygen atoms in total. The van der Waals surface area contributed by atoms with Crippen LogP contribution in [0.2, 0.25) is 0 Å². The molecule has 1 aliphatic heterocycles. The summed E-state index contributed by atoms with van der Waals surface area (Å²) in [5.41, 5.74) is 3.48. The Hall–Kier alpha value is -3.12. The number of ether oxygens (including phenoxy) is 4. The van der Waals surface area contributed by atoms with E-state index in [1.54, 1.807) is 28.4 Å². The van der Waals surface area contributed by atoms with Gasteiger partial charge in [0.25, 0.3) is 0 Å². The minimum absolute atomic E-state index is 0.0615. The molecule has 1 unspecified atom stereocenters. The van der Waals surface area contributed by atoms with Gasteiger partial charge in [-0.2, -0.15) is 0 Å². The van der Waals surface area contributed by atoms with Gasteiger partial charge in [-0.25, -0.2) is 0 Å². The molecular formula is C25H30N2O4. The largest absolute Gasteiger partial charge is 0.496 e. The van der Waals surface area contributed by atoms with E-state index in [1.807, 2.05) is 18.2 Å². The van der Waals surface area contributed by atoms with Gasteiger partial charge >= 0.3 is 0 Å². The number of methoxy groups -OCH3 is 4. The maximum Gasteiger partial charge on any atom is 0.203 e. The van der Waals surface area contributed by atoms with E-state index in [0.717, 1.165) is 36.4 Å². The molecule has 4 rings (SSSR count). The van der Waals surface area contributed by atoms with Crippen molar-refractivity contribution in [1.82, 2.24) is 9.47 Å². The summed E-state index contributed by atoms with van der Waals surface area (Å²) >= 11 is 0. The molecule has 0 bridgehead atoms. The highest BCUT2D eigenvalue weighted by molar-refractivity contribution is 5.56. The van der Waals surface area contributed by atoms with E-state index in [2.05, 4.69) is 46.0 Å². The predicted molar refractivity (Wildman–Crippen MR) is 120 cm³/mol. The average molecular weight is 423 g/mol. The molecule has 0 fully saturated rings. The second-order valence-corrected chi connectivity index (χ2v) is 7.59. The number of hydrogen-bond acceptors (Lipinski definition) is 5. The third kappa shape index (κ3) is 3.95. The molecule has 3 aromatic rings. The minimum atomic E-state index is 0.0615. The topological polar surface area (TPSA) is 45.1 Å². The van der Waals surface area contributed by atoms with Gasteiger partial charge in [0.05, 0.1) is 34.5 Å². The van der Waals surface area contributed by atoms with Gasteiger partial charge in [-0.15, -0.1) is 0 Å². The number of benzene rings is 2. The molecule has 1 aromatic heterocycles. The highest BCUT2D eigenvalue weighted by Crippen LogP contribution is 2.43. The van der Waals surface area contributed by atoms with Crippen LogP contribution in [0.25, 0.3) is 0 Å². The fraction of sp³-hybridized carbons (Fsp3) is 0.360. The molecule has 2 heterocycles. The molecule has 1 aliphatic rings. The monoisotopic (exact) mass is 422 g/mol. The fourth-order valence-electron chi connectivity index (χ4n) is 4.56. The zero-order valence-corrected chi connectivity index (χ0v) is 18.6. The van der Waals surface area contributed by atoms with Crippen LogP contribution in [-0.4, -0.2) is 44.5 Å². The number of para-hydroxylation sites is 1. The van der Waals surface area contributed by atoms with E-state index in [-0.39, 0.29) is 6.04 Å². The second-order valence-electron chi connectivity index (χ2n) is 7.59. The van der Waals surface area contributed by atoms with Gasteiger partial charge in [0.15, 0.2) is 11.5 Å². The van der Waals surface area contributed by atoms with Gasteiger partial charge in [-0.05, 0) is 30.7 Å². The van der Waals surface area contributed by atoms with E-state index >= 15 is 0 Å². The van der Waals surface area contributed by atoms with Gasteiger partial charge in [0.1, 0.15) is 5.75 Å². The quantitative estimate of drug-likeness (QED) is 0.560. The Kier molecular flexibility index (Phi) is 6.37. The smallest absolute Gasteiger partial charge is 0.203 e. The van der Waals surface area contributed by atoms with Gasteiger partial charge < -0.3 is 23.5 Å². The van der Waals surface area contributed by atoms with Crippen LogP contribution in [0.3, 0.4) is 0 Å². The van der Waals surface area contributed by atoms with Crippen LogP contribution in [0, 0.1) is 0 Å². The molecule has 6 heteroatoms. The first-order valence-electron chi connectivity index (χ1n) is 10.5. The molecule has 2 aromatic carbocycles. The molecule has 1 atom stereocenters. The van der Waals surface area contributed by atoms with Crippen molar-refractivity contribution >= 4 is 0 Å². The number of aromatic nitrogens is 1. The zero-order valence-electron chi connectivity index (χ0n) is 18.6. The maximum absolute atomic E-state index is 5.76. The molecular weight excluding hydrogens is 392 g/mol. The summed E-state index contributed by atoms with van der Waals surface area (Å²) in [4.78, 5) is 2.49. The van der Waals surface area contributed by atoms with Gasteiger partial charge in [0, 0.05) is 42.7 Å². The van der Waals surface area contributed by atoms with E-state index in [1.165, 1.54) is 5.69 Å². The zero-order chi connectivity index (χ0) is 21.8. The Bertz CT molecular complexity index is 1030. The molecule has 0 aliphatic carbocycles. The Morgan fingerprint density at radius 2 is 1.55 bits per heavy atom. The third-order valence-corrected chi connectivity index (χ3v) is 5.95. The molecule has 0 spiro atoms. The second kappa shape index (κ2) is 9.35. The van der Waals surface area contributed by atoms with Crippen molar-refractivity contribution in [2.75, 3.05) is 35.0 Å². The number of hydrogen-bond donors (Lipinski definition) is 0. The lowest BCUT2D eigenvalue weighted by molar-refractivity contribution is 0.212. The van der Waals surface area contributed by atoms with Crippen LogP contribution >= 0.6 is 0 Å². The van der Waals surface area contributed by atoms with Crippen LogP contribution < -0.4 is 18.9 Å². The van der Waals surface area contributed by atoms with Crippen molar-refractivity contribution in [3.63, 3.8) is 0 Å². The van der Waals surface area contributed by atoms with Crippen molar-refractivity contribution in [3.8, 4) is 23.0 Å². The van der Waals surface area contributed by atoms with E-state index in [4.69, 9.17) is 18.9 Å². The van der Waals surface area contributed by atoms with Gasteiger partial charge in [0.2, 0.25) is 5.75 Å². The predicted octanol–water partition coefficient (Wildman–Crippen LogP) is 4.52. The Labute approximate surface area is 183 Å². The van der Waals surface area contributed by atoms with Crippen LogP contribution in [0.5, 0.6) is 23.0 Å². The summed E-state index contributed by atoms with van der Waals surface area (Å²) in [6.07, 6.45) is 3.22. The van der Waals surface area contributed by atoms with Crippen molar-refractivity contribution in [2.45, 2.75) is 25.6 Å². The van der Waals surface area contributed by atoms with Crippen LogP contribution in [0.4, 0.5) is 0 Å². The van der Waals surface area contributed by atoms with Crippen LogP contribution in [0.1, 0.15) is 29.3 Å². The average Bonchev–Trinajstić information content (AvgIpc) is 3.20. The summed E-state index contributed by atoms with van der Waals surface area (Å²) in [7, 11) is 6.68. The molecule has 31 heavy (non-hydrogen) atoms. The molecule has 0 saturated carbocycles. The van der Waals surface area contributed by atoms with Crippen molar-refractivity contribution in [1.29, 1.82) is 0 Å². The Balaban J connectivity index is 1.80. The maximum atomic E-state index is 5.76. The molecule has 0 radical (unpaired) electrons. The van der Waals surface area contributed by atoms with Crippen molar-refractivity contribution < 1.29 is 18.9 Å². The van der Waals surface area contributed by atoms with E-state index in [9.17, 15) is 0 Å². The Morgan fingerprint density at radius 3 is 2.29 bits per heavy atom. The highest BCUT2D eigenvalue weighted by atomic mass is 16.5. The molecule has 0 amide bonds. The first-order chi connectivity index (χ1) is 15.2. The minimum Gasteiger partial charge on any atom is -0.496 e. The lowest BCUT2D eigenvalue weighted by Crippen LogP contribution is -2.30. The lowest BCUT2D eigenvalue weighted by Gasteiger charge is -2.32. The van der Waals surface area contributed by atoms with Gasteiger partial charge in [-0.3, -0.25) is 4.90 Å². The normalized spacial score (nSPS) is 16.3. The summed E-state index contributed by atoms with van der Waals surface area (Å²) in [5.74, 6) is 2.88. The molecule has 0 N–H and O–H groups in total. The van der Waals surface area contributed by atoms with Crippen LogP contribution in [-0.2, 0) is 13.1 Å². The number of aryl methyl sites for hydroxylation is 1. The standard InChI is InChI=1S/C25H30N2O4/c1-28-21-11-6-5-9-19(21)23-20-10-7-14-26(20)15-8-16-27(23)17-18-12-13-22(29-2)25(31-4)24(18)30-3/h5-7,9-14,23H,8,15-17H2,1-4H3. The number of nitrogens with zero attached hydrogens (tertiary/aromatic N) is 2. The molecule has 164 valence electrons. The van der Waals surface area contributed by atoms with Crippen molar-refractivity contribution in [3.05, 3.63) is 71.5 Å². The lowest BCUT2D eigenvalue weighted by atomic mass is 9.99. The van der Waals surface area contributed by atoms with E-state index < -0.39 is 0 Å². The Morgan fingerprint density at radius 1 is 0.774 bits per heavy atom. The van der Waals surface area contributed by atoms with E-state index in [0.29, 0.717) is 23.8 Å². The summed E-state index contributed by atoms with van der Waals surface area (Å²) < 4.78 is 24.9. The summed E-state index contributed by atoms with van der Waals surface area (Å²) in [6, 6.07) is 16.7. The highest BCUT2D eigenvalue weighted by Gasteiger charge is 2.30.